The number of anilines is 3. The number of aromatic nitrogens is 3. The molecule has 36 heavy (non-hydrogen) atoms. The van der Waals surface area contributed by atoms with Gasteiger partial charge in [0.2, 0.25) is 5.95 Å². The Balaban J connectivity index is 1.29. The van der Waals surface area contributed by atoms with Crippen LogP contribution in [0.4, 0.5) is 17.5 Å². The number of fused-ring (bicyclic) bond motifs is 1. The van der Waals surface area contributed by atoms with E-state index in [-0.39, 0.29) is 0 Å². The zero-order valence-corrected chi connectivity index (χ0v) is 22.4. The molecule has 1 aliphatic rings. The molecule has 3 aromatic heterocycles. The molecule has 0 bridgehead atoms. The van der Waals surface area contributed by atoms with Crippen LogP contribution in [0.3, 0.4) is 0 Å². The van der Waals surface area contributed by atoms with Crippen LogP contribution >= 0.6 is 22.9 Å². The fourth-order valence-electron chi connectivity index (χ4n) is 4.48. The van der Waals surface area contributed by atoms with Gasteiger partial charge < -0.3 is 20.0 Å². The highest BCUT2D eigenvalue weighted by molar-refractivity contribution is 7.09. The van der Waals surface area contributed by atoms with Crippen LogP contribution in [0.1, 0.15) is 17.0 Å². The van der Waals surface area contributed by atoms with Crippen LogP contribution in [-0.4, -0.2) is 66.2 Å². The molecule has 5 rings (SSSR count). The predicted octanol–water partition coefficient (Wildman–Crippen LogP) is 5.31. The zero-order chi connectivity index (χ0) is 24.9. The van der Waals surface area contributed by atoms with Gasteiger partial charge in [-0.3, -0.25) is 4.98 Å². The van der Waals surface area contributed by atoms with Crippen molar-refractivity contribution in [1.82, 2.24) is 19.9 Å². The number of likely N-dealkylation sites (N-methyl/N-ethyl adjacent to an activating group) is 1. The molecule has 1 N–H and O–H groups in total. The molecular weight excluding hydrogens is 490 g/mol. The molecule has 1 saturated heterocycles. The van der Waals surface area contributed by atoms with Crippen LogP contribution in [-0.2, 0) is 6.54 Å². The minimum Gasteiger partial charge on any atom is -0.384 e. The van der Waals surface area contributed by atoms with Crippen LogP contribution in [0, 0.1) is 6.92 Å². The molecule has 0 atom stereocenters. The Morgan fingerprint density at radius 1 is 1.08 bits per heavy atom. The van der Waals surface area contributed by atoms with Gasteiger partial charge in [0.05, 0.1) is 12.1 Å². The number of rotatable bonds is 9. The third kappa shape index (κ3) is 6.06. The molecule has 1 aromatic carbocycles. The lowest BCUT2D eigenvalue weighted by Gasteiger charge is -2.34. The average Bonchev–Trinajstić information content (AvgIpc) is 3.39. The molecular formula is C27H32ClN7S. The Bertz CT molecular complexity index is 1290. The van der Waals surface area contributed by atoms with Crippen molar-refractivity contribution in [3.8, 4) is 0 Å². The van der Waals surface area contributed by atoms with Crippen molar-refractivity contribution < 1.29 is 0 Å². The standard InChI is InChI=1S/C27H32ClN7S/c1-20-17-26(34-14-12-33(2)13-15-34)32-27(31-20)35(19-22-5-3-16-36-22)11-4-9-29-24-8-10-30-25-18-21(28)6-7-23(24)25/h3,5-8,10,16-18H,4,9,11-15,19H2,1-2H3,(H,29,30). The molecule has 0 spiro atoms. The van der Waals surface area contributed by atoms with Crippen molar-refractivity contribution in [2.45, 2.75) is 19.9 Å². The molecule has 0 saturated carbocycles. The maximum Gasteiger partial charge on any atom is 0.227 e. The van der Waals surface area contributed by atoms with Gasteiger partial charge in [-0.05, 0) is 56.1 Å². The number of piperazine rings is 1. The number of benzene rings is 1. The van der Waals surface area contributed by atoms with E-state index in [4.69, 9.17) is 21.6 Å². The summed E-state index contributed by atoms with van der Waals surface area (Å²) in [7, 11) is 2.18. The van der Waals surface area contributed by atoms with Gasteiger partial charge in [-0.25, -0.2) is 4.98 Å². The predicted molar refractivity (Wildman–Crippen MR) is 152 cm³/mol. The normalized spacial score (nSPS) is 14.4. The van der Waals surface area contributed by atoms with Crippen molar-refractivity contribution in [2.75, 3.05) is 61.4 Å². The monoisotopic (exact) mass is 521 g/mol. The highest BCUT2D eigenvalue weighted by Crippen LogP contribution is 2.25. The van der Waals surface area contributed by atoms with Crippen LogP contribution in [0.2, 0.25) is 5.02 Å². The van der Waals surface area contributed by atoms with E-state index in [1.165, 1.54) is 4.88 Å². The van der Waals surface area contributed by atoms with Gasteiger partial charge in [-0.2, -0.15) is 4.98 Å². The van der Waals surface area contributed by atoms with Gasteiger partial charge in [-0.1, -0.05) is 17.7 Å². The van der Waals surface area contributed by atoms with E-state index in [0.717, 1.165) is 86.3 Å². The first kappa shape index (κ1) is 24.7. The lowest BCUT2D eigenvalue weighted by Crippen LogP contribution is -2.45. The molecule has 7 nitrogen and oxygen atoms in total. The number of thiophene rings is 1. The molecule has 0 amide bonds. The van der Waals surface area contributed by atoms with Crippen molar-refractivity contribution in [1.29, 1.82) is 0 Å². The lowest BCUT2D eigenvalue weighted by atomic mass is 10.2. The molecule has 1 aliphatic heterocycles. The second-order valence-electron chi connectivity index (χ2n) is 9.26. The highest BCUT2D eigenvalue weighted by Gasteiger charge is 2.19. The second kappa shape index (κ2) is 11.4. The maximum atomic E-state index is 6.15. The number of nitrogens with zero attached hydrogens (tertiary/aromatic N) is 6. The number of nitrogens with one attached hydrogen (secondary N) is 1. The van der Waals surface area contributed by atoms with Gasteiger partial charge in [0.25, 0.3) is 0 Å². The first-order chi connectivity index (χ1) is 17.5. The van der Waals surface area contributed by atoms with E-state index in [1.54, 1.807) is 11.3 Å². The highest BCUT2D eigenvalue weighted by atomic mass is 35.5. The lowest BCUT2D eigenvalue weighted by molar-refractivity contribution is 0.312. The summed E-state index contributed by atoms with van der Waals surface area (Å²) in [4.78, 5) is 22.7. The summed E-state index contributed by atoms with van der Waals surface area (Å²) < 4.78 is 0. The Morgan fingerprint density at radius 2 is 1.94 bits per heavy atom. The van der Waals surface area contributed by atoms with E-state index in [9.17, 15) is 0 Å². The van der Waals surface area contributed by atoms with Gasteiger partial charge in [0.1, 0.15) is 5.82 Å². The van der Waals surface area contributed by atoms with E-state index in [2.05, 4.69) is 62.6 Å². The molecule has 0 aliphatic carbocycles. The van der Waals surface area contributed by atoms with Gasteiger partial charge in [0.15, 0.2) is 0 Å². The fraction of sp³-hybridized carbons (Fsp3) is 0.370. The van der Waals surface area contributed by atoms with Crippen molar-refractivity contribution in [3.63, 3.8) is 0 Å². The maximum absolute atomic E-state index is 6.15. The van der Waals surface area contributed by atoms with Crippen LogP contribution in [0.15, 0.2) is 54.0 Å². The third-order valence-corrected chi connectivity index (χ3v) is 7.59. The average molecular weight is 522 g/mol. The Morgan fingerprint density at radius 3 is 2.75 bits per heavy atom. The van der Waals surface area contributed by atoms with Crippen molar-refractivity contribution in [3.05, 3.63) is 69.6 Å². The second-order valence-corrected chi connectivity index (χ2v) is 10.7. The summed E-state index contributed by atoms with van der Waals surface area (Å²) in [6, 6.07) is 14.3. The molecule has 4 heterocycles. The molecule has 188 valence electrons. The van der Waals surface area contributed by atoms with Gasteiger partial charge >= 0.3 is 0 Å². The van der Waals surface area contributed by atoms with Gasteiger partial charge in [0, 0.05) is 78.2 Å². The molecule has 0 radical (unpaired) electrons. The van der Waals surface area contributed by atoms with E-state index in [1.807, 2.05) is 30.5 Å². The van der Waals surface area contributed by atoms with E-state index in [0.29, 0.717) is 5.02 Å². The Kier molecular flexibility index (Phi) is 7.84. The molecule has 4 aromatic rings. The van der Waals surface area contributed by atoms with Crippen molar-refractivity contribution >= 4 is 51.3 Å². The number of pyridine rings is 1. The summed E-state index contributed by atoms with van der Waals surface area (Å²) in [5, 5.41) is 7.50. The summed E-state index contributed by atoms with van der Waals surface area (Å²) >= 11 is 7.92. The number of hydrogen-bond donors (Lipinski definition) is 1. The first-order valence-corrected chi connectivity index (χ1v) is 13.7. The van der Waals surface area contributed by atoms with Crippen LogP contribution in [0.25, 0.3) is 10.9 Å². The molecule has 0 unspecified atom stereocenters. The van der Waals surface area contributed by atoms with Gasteiger partial charge in [-0.15, -0.1) is 11.3 Å². The summed E-state index contributed by atoms with van der Waals surface area (Å²) in [5.41, 5.74) is 2.98. The van der Waals surface area contributed by atoms with E-state index < -0.39 is 0 Å². The largest absolute Gasteiger partial charge is 0.384 e. The summed E-state index contributed by atoms with van der Waals surface area (Å²) in [6.07, 6.45) is 2.77. The summed E-state index contributed by atoms with van der Waals surface area (Å²) in [5.74, 6) is 1.84. The topological polar surface area (TPSA) is 60.4 Å². The minimum absolute atomic E-state index is 0.700. The first-order valence-electron chi connectivity index (χ1n) is 12.4. The smallest absolute Gasteiger partial charge is 0.227 e. The quantitative estimate of drug-likeness (QED) is 0.299. The van der Waals surface area contributed by atoms with E-state index >= 15 is 0 Å². The Labute approximate surface area is 221 Å². The fourth-order valence-corrected chi connectivity index (χ4v) is 5.37. The van der Waals surface area contributed by atoms with Crippen LogP contribution in [0.5, 0.6) is 0 Å². The number of hydrogen-bond acceptors (Lipinski definition) is 8. The molecule has 9 heteroatoms. The minimum atomic E-state index is 0.700. The molecule has 1 fully saturated rings. The Hall–Kier alpha value is -2.94. The number of halogens is 1. The number of aryl methyl sites for hydroxylation is 1. The van der Waals surface area contributed by atoms with Crippen molar-refractivity contribution in [2.24, 2.45) is 0 Å². The SMILES string of the molecule is Cc1cc(N2CCN(C)CC2)nc(N(CCCNc2ccnc3cc(Cl)ccc23)Cc2cccs2)n1. The summed E-state index contributed by atoms with van der Waals surface area (Å²) in [6.45, 7) is 8.65. The third-order valence-electron chi connectivity index (χ3n) is 6.49. The zero-order valence-electron chi connectivity index (χ0n) is 20.8. The van der Waals surface area contributed by atoms with Crippen LogP contribution < -0.4 is 15.1 Å².